The topological polar surface area (TPSA) is 68.0 Å². The highest BCUT2D eigenvalue weighted by Gasteiger charge is 2.22. The summed E-state index contributed by atoms with van der Waals surface area (Å²) in [5.74, 6) is -0.558. The van der Waals surface area contributed by atoms with Gasteiger partial charge in [-0.05, 0) is 24.6 Å². The molecule has 0 aliphatic rings. The molecule has 1 heterocycles. The van der Waals surface area contributed by atoms with Crippen molar-refractivity contribution in [2.75, 3.05) is 12.4 Å². The molecule has 22 heavy (non-hydrogen) atoms. The zero-order valence-electron chi connectivity index (χ0n) is 12.4. The van der Waals surface area contributed by atoms with Crippen LogP contribution in [0.5, 0.6) is 0 Å². The molecule has 2 rings (SSSR count). The number of nitrogens with one attached hydrogen (secondary N) is 1. The van der Waals surface area contributed by atoms with Gasteiger partial charge in [0.05, 0.1) is 10.6 Å². The first-order valence-corrected chi connectivity index (χ1v) is 7.29. The number of anilines is 1. The first-order chi connectivity index (χ1) is 10.5. The number of ketones is 1. The van der Waals surface area contributed by atoms with E-state index in [1.165, 1.54) is 18.3 Å². The minimum absolute atomic E-state index is 0.0623. The molecule has 1 atom stereocenters. The molecule has 0 spiro atoms. The zero-order chi connectivity index (χ0) is 16.3. The summed E-state index contributed by atoms with van der Waals surface area (Å²) in [7, 11) is 1.72. The van der Waals surface area contributed by atoms with Gasteiger partial charge in [-0.2, -0.15) is 0 Å². The summed E-state index contributed by atoms with van der Waals surface area (Å²) in [5.41, 5.74) is 6.26. The Morgan fingerprint density at radius 3 is 2.68 bits per heavy atom. The van der Waals surface area contributed by atoms with Gasteiger partial charge in [0.2, 0.25) is 0 Å². The van der Waals surface area contributed by atoms with Crippen LogP contribution in [0, 0.1) is 5.82 Å². The van der Waals surface area contributed by atoms with E-state index >= 15 is 0 Å². The molecule has 3 N–H and O–H groups in total. The van der Waals surface area contributed by atoms with Crippen molar-refractivity contribution >= 4 is 23.2 Å². The Balaban J connectivity index is 2.48. The van der Waals surface area contributed by atoms with E-state index in [4.69, 9.17) is 17.3 Å². The predicted octanol–water partition coefficient (Wildman–Crippen LogP) is 3.56. The molecule has 0 unspecified atom stereocenters. The van der Waals surface area contributed by atoms with Crippen LogP contribution in [0.3, 0.4) is 0 Å². The Labute approximate surface area is 133 Å². The fourth-order valence-corrected chi connectivity index (χ4v) is 2.34. The number of nitrogens with zero attached hydrogens (tertiary/aromatic N) is 1. The fraction of sp³-hybridized carbons (Fsp3) is 0.250. The summed E-state index contributed by atoms with van der Waals surface area (Å²) in [5, 5.41) is 2.91. The Bertz CT molecular complexity index is 689. The van der Waals surface area contributed by atoms with Gasteiger partial charge in [0, 0.05) is 30.4 Å². The van der Waals surface area contributed by atoms with Crippen LogP contribution < -0.4 is 11.1 Å². The number of aromatic nitrogens is 1. The Morgan fingerprint density at radius 1 is 1.41 bits per heavy atom. The van der Waals surface area contributed by atoms with E-state index in [1.54, 1.807) is 19.2 Å². The standard InChI is InChI=1S/C16H17ClFN3O/c1-3-12(19)10-5-6-11(17)14(15(10)18)16(22)9-4-7-13(20-2)21-8-9/h4-8,12H,3,19H2,1-2H3,(H,20,21)/t12-/m1/s1. The second-order valence-corrected chi connectivity index (χ2v) is 5.26. The number of halogens is 2. The molecular weight excluding hydrogens is 305 g/mol. The maximum Gasteiger partial charge on any atom is 0.199 e. The van der Waals surface area contributed by atoms with Crippen LogP contribution in [-0.2, 0) is 0 Å². The normalized spacial score (nSPS) is 12.0. The number of carbonyl (C=O) groups excluding carboxylic acids is 1. The summed E-state index contributed by atoms with van der Waals surface area (Å²) in [6.45, 7) is 1.85. The van der Waals surface area contributed by atoms with Gasteiger partial charge in [-0.15, -0.1) is 0 Å². The van der Waals surface area contributed by atoms with E-state index in [9.17, 15) is 9.18 Å². The minimum Gasteiger partial charge on any atom is -0.373 e. The highest BCUT2D eigenvalue weighted by atomic mass is 35.5. The molecule has 1 aromatic carbocycles. The molecule has 0 saturated carbocycles. The van der Waals surface area contributed by atoms with Gasteiger partial charge in [0.1, 0.15) is 11.6 Å². The van der Waals surface area contributed by atoms with E-state index in [0.29, 0.717) is 12.2 Å². The molecule has 116 valence electrons. The summed E-state index contributed by atoms with van der Waals surface area (Å²) < 4.78 is 14.6. The SMILES string of the molecule is CC[C@@H](N)c1ccc(Cl)c(C(=O)c2ccc(NC)nc2)c1F. The quantitative estimate of drug-likeness (QED) is 0.826. The van der Waals surface area contributed by atoms with Crippen molar-refractivity contribution in [3.8, 4) is 0 Å². The van der Waals surface area contributed by atoms with Crippen molar-refractivity contribution in [1.82, 2.24) is 4.98 Å². The van der Waals surface area contributed by atoms with Crippen LogP contribution in [0.4, 0.5) is 10.2 Å². The lowest BCUT2D eigenvalue weighted by atomic mass is 9.97. The van der Waals surface area contributed by atoms with Crippen LogP contribution in [0.25, 0.3) is 0 Å². The molecule has 0 fully saturated rings. The van der Waals surface area contributed by atoms with Gasteiger partial charge in [-0.1, -0.05) is 24.6 Å². The van der Waals surface area contributed by atoms with Crippen molar-refractivity contribution in [2.24, 2.45) is 5.73 Å². The number of hydrogen-bond acceptors (Lipinski definition) is 4. The molecule has 0 radical (unpaired) electrons. The van der Waals surface area contributed by atoms with E-state index in [-0.39, 0.29) is 21.7 Å². The Hall–Kier alpha value is -1.98. The molecule has 6 heteroatoms. The lowest BCUT2D eigenvalue weighted by Gasteiger charge is -2.14. The molecular formula is C16H17ClFN3O. The lowest BCUT2D eigenvalue weighted by molar-refractivity contribution is 0.103. The van der Waals surface area contributed by atoms with E-state index < -0.39 is 17.6 Å². The van der Waals surface area contributed by atoms with Crippen molar-refractivity contribution in [2.45, 2.75) is 19.4 Å². The predicted molar refractivity (Wildman–Crippen MR) is 85.8 cm³/mol. The summed E-state index contributed by atoms with van der Waals surface area (Å²) >= 11 is 6.02. The molecule has 0 amide bonds. The van der Waals surface area contributed by atoms with Crippen LogP contribution in [0.1, 0.15) is 40.9 Å². The van der Waals surface area contributed by atoms with Gasteiger partial charge in [0.15, 0.2) is 5.78 Å². The summed E-state index contributed by atoms with van der Waals surface area (Å²) in [6.07, 6.45) is 1.95. The largest absolute Gasteiger partial charge is 0.373 e. The highest BCUT2D eigenvalue weighted by Crippen LogP contribution is 2.28. The highest BCUT2D eigenvalue weighted by molar-refractivity contribution is 6.35. The van der Waals surface area contributed by atoms with Gasteiger partial charge < -0.3 is 11.1 Å². The second kappa shape index (κ2) is 6.85. The molecule has 0 aliphatic carbocycles. The van der Waals surface area contributed by atoms with Gasteiger partial charge in [-0.3, -0.25) is 4.79 Å². The third-order valence-corrected chi connectivity index (χ3v) is 3.78. The zero-order valence-corrected chi connectivity index (χ0v) is 13.1. The number of rotatable bonds is 5. The second-order valence-electron chi connectivity index (χ2n) is 4.85. The van der Waals surface area contributed by atoms with Crippen molar-refractivity contribution in [1.29, 1.82) is 0 Å². The molecule has 0 bridgehead atoms. The summed E-state index contributed by atoms with van der Waals surface area (Å²) in [6, 6.07) is 5.75. The summed E-state index contributed by atoms with van der Waals surface area (Å²) in [4.78, 5) is 16.6. The van der Waals surface area contributed by atoms with Crippen molar-refractivity contribution in [3.63, 3.8) is 0 Å². The van der Waals surface area contributed by atoms with Gasteiger partial charge >= 0.3 is 0 Å². The lowest BCUT2D eigenvalue weighted by Crippen LogP contribution is -2.15. The molecule has 2 aromatic rings. The third kappa shape index (κ3) is 3.10. The Morgan fingerprint density at radius 2 is 2.14 bits per heavy atom. The van der Waals surface area contributed by atoms with E-state index in [0.717, 1.165) is 0 Å². The molecule has 0 aliphatic heterocycles. The smallest absolute Gasteiger partial charge is 0.199 e. The molecule has 0 saturated heterocycles. The average molecular weight is 322 g/mol. The van der Waals surface area contributed by atoms with E-state index in [1.807, 2.05) is 6.92 Å². The maximum absolute atomic E-state index is 14.6. The van der Waals surface area contributed by atoms with Crippen molar-refractivity contribution in [3.05, 3.63) is 58.0 Å². The van der Waals surface area contributed by atoms with Crippen LogP contribution in [-0.4, -0.2) is 17.8 Å². The monoisotopic (exact) mass is 321 g/mol. The van der Waals surface area contributed by atoms with Gasteiger partial charge in [0.25, 0.3) is 0 Å². The van der Waals surface area contributed by atoms with Crippen LogP contribution in [0.2, 0.25) is 5.02 Å². The maximum atomic E-state index is 14.6. The third-order valence-electron chi connectivity index (χ3n) is 3.47. The van der Waals surface area contributed by atoms with Gasteiger partial charge in [-0.25, -0.2) is 9.37 Å². The fourth-order valence-electron chi connectivity index (χ4n) is 2.10. The number of benzene rings is 1. The van der Waals surface area contributed by atoms with Crippen LogP contribution in [0.15, 0.2) is 30.5 Å². The molecule has 1 aromatic heterocycles. The van der Waals surface area contributed by atoms with Crippen molar-refractivity contribution < 1.29 is 9.18 Å². The number of nitrogens with two attached hydrogens (primary N) is 1. The first kappa shape index (κ1) is 16.4. The Kier molecular flexibility index (Phi) is 5.11. The van der Waals surface area contributed by atoms with E-state index in [2.05, 4.69) is 10.3 Å². The number of hydrogen-bond donors (Lipinski definition) is 2. The average Bonchev–Trinajstić information content (AvgIpc) is 2.54. The number of carbonyl (C=O) groups is 1. The first-order valence-electron chi connectivity index (χ1n) is 6.91. The molecule has 4 nitrogen and oxygen atoms in total. The minimum atomic E-state index is -0.662. The van der Waals surface area contributed by atoms with Crippen LogP contribution >= 0.6 is 11.6 Å². The number of pyridine rings is 1.